The number of unbranched alkanes of at least 4 members (excludes halogenated alkanes) is 12. The summed E-state index contributed by atoms with van der Waals surface area (Å²) >= 11 is 0. The maximum Gasteiger partial charge on any atom is 0.202 e. The molecule has 1 N–H and O–H groups in total. The molecule has 0 spiro atoms. The van der Waals surface area contributed by atoms with Crippen LogP contribution in [-0.2, 0) is 4.52 Å². The number of benzene rings is 1. The summed E-state index contributed by atoms with van der Waals surface area (Å²) in [6.07, 6.45) is 23.1. The predicted molar refractivity (Wildman–Crippen MR) is 125 cm³/mol. The van der Waals surface area contributed by atoms with Crippen LogP contribution >= 0.6 is 8.38 Å². The van der Waals surface area contributed by atoms with Gasteiger partial charge in [0.15, 0.2) is 0 Å². The van der Waals surface area contributed by atoms with Gasteiger partial charge in [0.05, 0.1) is 6.61 Å². The average molecular weight is 407 g/mol. The molecule has 0 fully saturated rings. The zero-order chi connectivity index (χ0) is 20.3. The van der Waals surface area contributed by atoms with E-state index in [4.69, 9.17) is 4.52 Å². The van der Waals surface area contributed by atoms with Gasteiger partial charge in [-0.25, -0.2) is 0 Å². The molecule has 0 aromatic heterocycles. The fraction of sp³-hybridized carbons (Fsp3) is 0.680. The Morgan fingerprint density at radius 2 is 1.32 bits per heavy atom. The Balaban J connectivity index is 1.84. The molecule has 0 amide bonds. The van der Waals surface area contributed by atoms with E-state index < -0.39 is 8.38 Å². The second-order valence-corrected chi connectivity index (χ2v) is 9.12. The summed E-state index contributed by atoms with van der Waals surface area (Å²) in [5.41, 5.74) is 1.11. The van der Waals surface area contributed by atoms with Crippen molar-refractivity contribution < 1.29 is 9.42 Å². The number of allylic oxidation sites excluding steroid dienone is 2. The van der Waals surface area contributed by atoms with Crippen LogP contribution < -0.4 is 5.30 Å². The van der Waals surface area contributed by atoms with E-state index in [1.54, 1.807) is 0 Å². The minimum absolute atomic E-state index is 0.664. The van der Waals surface area contributed by atoms with Crippen LogP contribution in [0.2, 0.25) is 0 Å². The Bertz CT molecular complexity index is 501. The fourth-order valence-corrected chi connectivity index (χ4v) is 4.38. The monoisotopic (exact) mass is 406 g/mol. The van der Waals surface area contributed by atoms with Gasteiger partial charge in [-0.15, -0.1) is 0 Å². The number of hydrogen-bond acceptors (Lipinski definition) is 2. The van der Waals surface area contributed by atoms with Crippen molar-refractivity contribution in [3.8, 4) is 0 Å². The first-order valence-electron chi connectivity index (χ1n) is 11.6. The minimum Gasteiger partial charge on any atom is -0.346 e. The number of aryl methyl sites for hydroxylation is 1. The van der Waals surface area contributed by atoms with Crippen LogP contribution in [0, 0.1) is 6.92 Å². The van der Waals surface area contributed by atoms with Gasteiger partial charge in [0.2, 0.25) is 8.38 Å². The Hall–Kier alpha value is -0.690. The van der Waals surface area contributed by atoms with E-state index in [2.05, 4.69) is 19.1 Å². The van der Waals surface area contributed by atoms with E-state index in [9.17, 15) is 4.89 Å². The van der Waals surface area contributed by atoms with Crippen molar-refractivity contribution in [2.75, 3.05) is 6.61 Å². The van der Waals surface area contributed by atoms with Crippen molar-refractivity contribution in [2.24, 2.45) is 0 Å². The smallest absolute Gasteiger partial charge is 0.202 e. The largest absolute Gasteiger partial charge is 0.346 e. The maximum absolute atomic E-state index is 10.2. The van der Waals surface area contributed by atoms with E-state index >= 15 is 0 Å². The van der Waals surface area contributed by atoms with Gasteiger partial charge in [0.1, 0.15) is 0 Å². The lowest BCUT2D eigenvalue weighted by Gasteiger charge is -2.13. The van der Waals surface area contributed by atoms with Crippen molar-refractivity contribution >= 4 is 13.7 Å². The molecule has 28 heavy (non-hydrogen) atoms. The first-order chi connectivity index (χ1) is 13.8. The van der Waals surface area contributed by atoms with Crippen LogP contribution in [0.1, 0.15) is 102 Å². The molecular formula is C25H43O2P. The van der Waals surface area contributed by atoms with Crippen LogP contribution in [0.5, 0.6) is 0 Å². The molecule has 0 radical (unpaired) electrons. The highest BCUT2D eigenvalue weighted by molar-refractivity contribution is 7.55. The molecule has 1 atom stereocenters. The molecule has 0 aliphatic heterocycles. The second-order valence-electron chi connectivity index (χ2n) is 7.83. The molecule has 0 saturated heterocycles. The zero-order valence-electron chi connectivity index (χ0n) is 18.4. The molecule has 0 bridgehead atoms. The molecule has 0 saturated carbocycles. The topological polar surface area (TPSA) is 29.5 Å². The molecule has 3 heteroatoms. The summed E-state index contributed by atoms with van der Waals surface area (Å²) in [5.74, 6) is 0. The third kappa shape index (κ3) is 13.5. The van der Waals surface area contributed by atoms with Crippen LogP contribution in [0.25, 0.3) is 0 Å². The molecular weight excluding hydrogens is 363 g/mol. The number of hydrogen-bond donors (Lipinski definition) is 1. The van der Waals surface area contributed by atoms with Crippen LogP contribution in [0.15, 0.2) is 36.4 Å². The molecule has 0 heterocycles. The molecule has 1 rings (SSSR count). The molecule has 2 nitrogen and oxygen atoms in total. The highest BCUT2D eigenvalue weighted by Crippen LogP contribution is 2.31. The van der Waals surface area contributed by atoms with Crippen molar-refractivity contribution in [3.05, 3.63) is 42.0 Å². The Labute approximate surface area is 175 Å². The third-order valence-corrected chi connectivity index (χ3v) is 6.53. The summed E-state index contributed by atoms with van der Waals surface area (Å²) in [6.45, 7) is 4.96. The molecule has 160 valence electrons. The summed E-state index contributed by atoms with van der Waals surface area (Å²) in [7, 11) is -1.45. The quantitative estimate of drug-likeness (QED) is 0.152. The van der Waals surface area contributed by atoms with E-state index in [0.29, 0.717) is 6.61 Å². The minimum atomic E-state index is -1.45. The first-order valence-corrected chi connectivity index (χ1v) is 12.8. The van der Waals surface area contributed by atoms with Gasteiger partial charge in [-0.05, 0) is 50.7 Å². The molecule has 1 aromatic carbocycles. The van der Waals surface area contributed by atoms with Crippen LogP contribution in [-0.4, -0.2) is 11.5 Å². The van der Waals surface area contributed by atoms with Crippen molar-refractivity contribution in [2.45, 2.75) is 104 Å². The van der Waals surface area contributed by atoms with E-state index in [1.165, 1.54) is 83.5 Å². The predicted octanol–water partition coefficient (Wildman–Crippen LogP) is 7.98. The summed E-state index contributed by atoms with van der Waals surface area (Å²) in [6, 6.07) is 7.94. The van der Waals surface area contributed by atoms with Gasteiger partial charge in [-0.2, -0.15) is 0 Å². The molecule has 1 unspecified atom stereocenters. The first kappa shape index (κ1) is 25.3. The molecule has 1 aromatic rings. The Kier molecular flexibility index (Phi) is 16.6. The van der Waals surface area contributed by atoms with Gasteiger partial charge >= 0.3 is 0 Å². The number of rotatable bonds is 18. The van der Waals surface area contributed by atoms with Gasteiger partial charge in [-0.3, -0.25) is 0 Å². The standard InChI is InChI=1S/C25H43O2P/c1-3-4-5-6-7-8-9-10-11-12-13-14-15-16-17-20-23-27-28(26)25-22-19-18-21-24(25)2/h10-11,18-19,21-22,26H,3-9,12-17,20,23H2,1-2H3/b11-10-. The normalized spacial score (nSPS) is 12.7. The third-order valence-electron chi connectivity index (χ3n) is 5.19. The van der Waals surface area contributed by atoms with E-state index in [-0.39, 0.29) is 0 Å². The summed E-state index contributed by atoms with van der Waals surface area (Å²) in [4.78, 5) is 10.2. The van der Waals surface area contributed by atoms with Crippen LogP contribution in [0.3, 0.4) is 0 Å². The van der Waals surface area contributed by atoms with Crippen LogP contribution in [0.4, 0.5) is 0 Å². The summed E-state index contributed by atoms with van der Waals surface area (Å²) in [5, 5.41) is 0.946. The van der Waals surface area contributed by atoms with Crippen molar-refractivity contribution in [3.63, 3.8) is 0 Å². The highest BCUT2D eigenvalue weighted by Gasteiger charge is 2.10. The van der Waals surface area contributed by atoms with Gasteiger partial charge < -0.3 is 9.42 Å². The van der Waals surface area contributed by atoms with Gasteiger partial charge in [-0.1, -0.05) is 95.1 Å². The zero-order valence-corrected chi connectivity index (χ0v) is 19.3. The van der Waals surface area contributed by atoms with Gasteiger partial charge in [0.25, 0.3) is 0 Å². The summed E-state index contributed by atoms with van der Waals surface area (Å²) < 4.78 is 5.64. The lowest BCUT2D eigenvalue weighted by Crippen LogP contribution is -2.07. The Morgan fingerprint density at radius 1 is 0.786 bits per heavy atom. The lowest BCUT2D eigenvalue weighted by atomic mass is 10.1. The fourth-order valence-electron chi connectivity index (χ4n) is 3.35. The maximum atomic E-state index is 10.2. The molecule has 0 aliphatic rings. The molecule has 0 aliphatic carbocycles. The lowest BCUT2D eigenvalue weighted by molar-refractivity contribution is 0.305. The van der Waals surface area contributed by atoms with Crippen molar-refractivity contribution in [1.29, 1.82) is 0 Å². The van der Waals surface area contributed by atoms with E-state index in [1.807, 2.05) is 31.2 Å². The Morgan fingerprint density at radius 3 is 1.93 bits per heavy atom. The van der Waals surface area contributed by atoms with Gasteiger partial charge in [0, 0.05) is 5.30 Å². The van der Waals surface area contributed by atoms with Crippen molar-refractivity contribution in [1.82, 2.24) is 0 Å². The second kappa shape index (κ2) is 18.3. The van der Waals surface area contributed by atoms with E-state index in [0.717, 1.165) is 17.3 Å². The highest BCUT2D eigenvalue weighted by atomic mass is 31.2. The SMILES string of the molecule is CCCCCCCC/C=C\CCCCCCCCOP(O)c1ccccc1C. The average Bonchev–Trinajstić information content (AvgIpc) is 2.70.